The van der Waals surface area contributed by atoms with Crippen LogP contribution in [-0.2, 0) is 12.0 Å². The molecule has 3 heteroatoms. The first-order valence-corrected chi connectivity index (χ1v) is 6.14. The highest BCUT2D eigenvalue weighted by molar-refractivity contribution is 6.30. The van der Waals surface area contributed by atoms with Crippen LogP contribution in [-0.4, -0.2) is 0 Å². The average molecular weight is 264 g/mol. The minimum absolute atomic E-state index is 0.268. The van der Waals surface area contributed by atoms with Crippen molar-refractivity contribution in [3.05, 3.63) is 70.5 Å². The van der Waals surface area contributed by atoms with E-state index in [1.807, 2.05) is 37.3 Å². The zero-order valence-corrected chi connectivity index (χ0v) is 10.9. The van der Waals surface area contributed by atoms with Crippen molar-refractivity contribution in [2.24, 2.45) is 5.73 Å². The van der Waals surface area contributed by atoms with Crippen molar-refractivity contribution in [3.63, 3.8) is 0 Å². The zero-order valence-electron chi connectivity index (χ0n) is 10.2. The van der Waals surface area contributed by atoms with E-state index < -0.39 is 5.54 Å². The van der Waals surface area contributed by atoms with Crippen LogP contribution in [0.4, 0.5) is 4.39 Å². The molecule has 0 saturated heterocycles. The molecule has 0 fully saturated rings. The Hall–Kier alpha value is -1.38. The van der Waals surface area contributed by atoms with Crippen LogP contribution in [0.15, 0.2) is 48.5 Å². The van der Waals surface area contributed by atoms with Crippen LogP contribution in [0.2, 0.25) is 5.02 Å². The van der Waals surface area contributed by atoms with Gasteiger partial charge in [-0.25, -0.2) is 4.39 Å². The van der Waals surface area contributed by atoms with Gasteiger partial charge >= 0.3 is 0 Å². The lowest BCUT2D eigenvalue weighted by molar-refractivity contribution is 0.486. The molecular formula is C15H15ClFN. The van der Waals surface area contributed by atoms with E-state index in [-0.39, 0.29) is 5.82 Å². The third kappa shape index (κ3) is 3.09. The predicted molar refractivity (Wildman–Crippen MR) is 73.1 cm³/mol. The Bertz CT molecular complexity index is 552. The van der Waals surface area contributed by atoms with Crippen LogP contribution in [0.25, 0.3) is 0 Å². The molecule has 2 rings (SSSR count). The fourth-order valence-electron chi connectivity index (χ4n) is 2.02. The minimum Gasteiger partial charge on any atom is -0.321 e. The van der Waals surface area contributed by atoms with E-state index in [1.165, 1.54) is 12.1 Å². The van der Waals surface area contributed by atoms with Crippen LogP contribution < -0.4 is 5.73 Å². The quantitative estimate of drug-likeness (QED) is 0.893. The second-order valence-corrected chi connectivity index (χ2v) is 5.17. The molecule has 0 spiro atoms. The Kier molecular flexibility index (Phi) is 3.69. The van der Waals surface area contributed by atoms with Crippen LogP contribution in [0.5, 0.6) is 0 Å². The second kappa shape index (κ2) is 5.09. The number of nitrogens with two attached hydrogens (primary N) is 1. The molecule has 1 atom stereocenters. The van der Waals surface area contributed by atoms with Crippen LogP contribution in [0, 0.1) is 5.82 Å². The lowest BCUT2D eigenvalue weighted by Crippen LogP contribution is -2.35. The van der Waals surface area contributed by atoms with Crippen molar-refractivity contribution in [1.29, 1.82) is 0 Å². The number of halogens is 2. The molecule has 0 aliphatic heterocycles. The summed E-state index contributed by atoms with van der Waals surface area (Å²) in [5, 5.41) is 0.683. The van der Waals surface area contributed by atoms with E-state index in [0.29, 0.717) is 11.4 Å². The number of hydrogen-bond acceptors (Lipinski definition) is 1. The first-order valence-electron chi connectivity index (χ1n) is 5.77. The van der Waals surface area contributed by atoms with Gasteiger partial charge < -0.3 is 5.73 Å². The third-order valence-corrected chi connectivity index (χ3v) is 3.18. The summed E-state index contributed by atoms with van der Waals surface area (Å²) >= 11 is 5.94. The fraction of sp³-hybridized carbons (Fsp3) is 0.200. The van der Waals surface area contributed by atoms with Crippen LogP contribution in [0.3, 0.4) is 0 Å². The minimum atomic E-state index is -0.618. The van der Waals surface area contributed by atoms with Gasteiger partial charge in [-0.3, -0.25) is 0 Å². The molecule has 94 valence electrons. The second-order valence-electron chi connectivity index (χ2n) is 4.73. The van der Waals surface area contributed by atoms with Gasteiger partial charge in [0.1, 0.15) is 5.82 Å². The Balaban J connectivity index is 2.26. The van der Waals surface area contributed by atoms with Gasteiger partial charge in [0.25, 0.3) is 0 Å². The molecule has 0 aliphatic carbocycles. The molecule has 2 N–H and O–H groups in total. The molecule has 0 heterocycles. The summed E-state index contributed by atoms with van der Waals surface area (Å²) in [6.07, 6.45) is 0.608. The van der Waals surface area contributed by atoms with Gasteiger partial charge in [0.2, 0.25) is 0 Å². The van der Waals surface area contributed by atoms with Gasteiger partial charge in [-0.1, -0.05) is 35.9 Å². The van der Waals surface area contributed by atoms with Gasteiger partial charge in [-0.2, -0.15) is 0 Å². The standard InChI is InChI=1S/C15H15ClFN/c1-15(18,12-5-3-7-14(17)9-12)10-11-4-2-6-13(16)8-11/h2-9H,10,18H2,1H3. The van der Waals surface area contributed by atoms with E-state index in [9.17, 15) is 4.39 Å². The zero-order chi connectivity index (χ0) is 13.2. The van der Waals surface area contributed by atoms with Gasteiger partial charge in [0.05, 0.1) is 0 Å². The predicted octanol–water partition coefficient (Wildman–Crippen LogP) is 3.90. The van der Waals surface area contributed by atoms with E-state index in [1.54, 1.807) is 6.07 Å². The SMILES string of the molecule is CC(N)(Cc1cccc(Cl)c1)c1cccc(F)c1. The molecule has 2 aromatic rings. The summed E-state index contributed by atoms with van der Waals surface area (Å²) in [5.41, 5.74) is 7.48. The van der Waals surface area contributed by atoms with Gasteiger partial charge in [0.15, 0.2) is 0 Å². The first-order chi connectivity index (χ1) is 8.47. The molecule has 1 nitrogen and oxygen atoms in total. The third-order valence-electron chi connectivity index (χ3n) is 2.94. The summed E-state index contributed by atoms with van der Waals surface area (Å²) < 4.78 is 13.2. The van der Waals surface area contributed by atoms with Gasteiger partial charge in [-0.05, 0) is 48.7 Å². The van der Waals surface area contributed by atoms with E-state index >= 15 is 0 Å². The average Bonchev–Trinajstić information content (AvgIpc) is 2.28. The smallest absolute Gasteiger partial charge is 0.123 e. The summed E-state index contributed by atoms with van der Waals surface area (Å²) in [5.74, 6) is -0.268. The maximum absolute atomic E-state index is 13.2. The Morgan fingerprint density at radius 2 is 1.89 bits per heavy atom. The lowest BCUT2D eigenvalue weighted by atomic mass is 9.86. The Morgan fingerprint density at radius 1 is 1.17 bits per heavy atom. The maximum atomic E-state index is 13.2. The van der Waals surface area contributed by atoms with Crippen molar-refractivity contribution in [3.8, 4) is 0 Å². The molecule has 0 radical (unpaired) electrons. The Morgan fingerprint density at radius 3 is 2.56 bits per heavy atom. The normalized spacial score (nSPS) is 14.2. The van der Waals surface area contributed by atoms with Crippen molar-refractivity contribution >= 4 is 11.6 Å². The van der Waals surface area contributed by atoms with Crippen molar-refractivity contribution < 1.29 is 4.39 Å². The van der Waals surface area contributed by atoms with Crippen LogP contribution >= 0.6 is 11.6 Å². The van der Waals surface area contributed by atoms with Crippen LogP contribution in [0.1, 0.15) is 18.1 Å². The molecule has 2 aromatic carbocycles. The summed E-state index contributed by atoms with van der Waals surface area (Å²) in [4.78, 5) is 0. The number of hydrogen-bond donors (Lipinski definition) is 1. The molecule has 1 unspecified atom stereocenters. The molecule has 18 heavy (non-hydrogen) atoms. The van der Waals surface area contributed by atoms with Crippen molar-refractivity contribution in [2.75, 3.05) is 0 Å². The number of rotatable bonds is 3. The monoisotopic (exact) mass is 263 g/mol. The topological polar surface area (TPSA) is 26.0 Å². The van der Waals surface area contributed by atoms with Crippen molar-refractivity contribution in [2.45, 2.75) is 18.9 Å². The molecule has 0 amide bonds. The number of benzene rings is 2. The van der Waals surface area contributed by atoms with E-state index in [2.05, 4.69) is 0 Å². The highest BCUT2D eigenvalue weighted by Gasteiger charge is 2.22. The summed E-state index contributed by atoms with van der Waals surface area (Å²) in [7, 11) is 0. The van der Waals surface area contributed by atoms with Gasteiger partial charge in [-0.15, -0.1) is 0 Å². The largest absolute Gasteiger partial charge is 0.321 e. The highest BCUT2D eigenvalue weighted by atomic mass is 35.5. The molecular weight excluding hydrogens is 249 g/mol. The van der Waals surface area contributed by atoms with Gasteiger partial charge in [0, 0.05) is 10.6 Å². The molecule has 0 saturated carbocycles. The summed E-state index contributed by atoms with van der Waals surface area (Å²) in [6.45, 7) is 1.89. The van der Waals surface area contributed by atoms with Crippen molar-refractivity contribution in [1.82, 2.24) is 0 Å². The maximum Gasteiger partial charge on any atom is 0.123 e. The fourth-order valence-corrected chi connectivity index (χ4v) is 2.23. The van der Waals surface area contributed by atoms with E-state index in [0.717, 1.165) is 11.1 Å². The lowest BCUT2D eigenvalue weighted by Gasteiger charge is -2.25. The molecule has 0 bridgehead atoms. The summed E-state index contributed by atoms with van der Waals surface area (Å²) in [6, 6.07) is 14.0. The first kappa shape index (κ1) is 13.1. The van der Waals surface area contributed by atoms with E-state index in [4.69, 9.17) is 17.3 Å². The Labute approximate surface area is 111 Å². The molecule has 0 aliphatic rings. The molecule has 0 aromatic heterocycles. The highest BCUT2D eigenvalue weighted by Crippen LogP contribution is 2.24.